The lowest BCUT2D eigenvalue weighted by molar-refractivity contribution is 0.135. The molecule has 0 amide bonds. The van der Waals surface area contributed by atoms with Gasteiger partial charge in [0.1, 0.15) is 11.5 Å². The molecule has 0 bridgehead atoms. The van der Waals surface area contributed by atoms with Gasteiger partial charge in [0.15, 0.2) is 0 Å². The summed E-state index contributed by atoms with van der Waals surface area (Å²) < 4.78 is 5.85. The average molecular weight is 434 g/mol. The number of aliphatic hydroxyl groups excluding tert-OH is 1. The van der Waals surface area contributed by atoms with Crippen LogP contribution in [-0.2, 0) is 6.42 Å². The largest absolute Gasteiger partial charge is 0.508 e. The SMILES string of the molecule is CC(C)CCCC(C)CCCCOc1ccc(CCC(N)(CO)CC2CCC2)c(O)c1. The molecule has 1 saturated carbocycles. The number of hydrogen-bond donors (Lipinski definition) is 3. The Labute approximate surface area is 190 Å². The molecule has 0 saturated heterocycles. The van der Waals surface area contributed by atoms with Crippen LogP contribution in [0.5, 0.6) is 11.5 Å². The highest BCUT2D eigenvalue weighted by atomic mass is 16.5. The monoisotopic (exact) mass is 433 g/mol. The van der Waals surface area contributed by atoms with Crippen LogP contribution < -0.4 is 10.5 Å². The molecule has 2 rings (SSSR count). The molecule has 2 unspecified atom stereocenters. The summed E-state index contributed by atoms with van der Waals surface area (Å²) >= 11 is 0. The number of hydrogen-bond acceptors (Lipinski definition) is 4. The summed E-state index contributed by atoms with van der Waals surface area (Å²) in [4.78, 5) is 0. The number of aliphatic hydroxyl groups is 1. The Kier molecular flexibility index (Phi) is 11.2. The lowest BCUT2D eigenvalue weighted by atomic mass is 9.75. The Morgan fingerprint density at radius 2 is 1.84 bits per heavy atom. The van der Waals surface area contributed by atoms with Gasteiger partial charge in [-0.15, -0.1) is 0 Å². The molecular formula is C27H47NO3. The minimum Gasteiger partial charge on any atom is -0.508 e. The van der Waals surface area contributed by atoms with Gasteiger partial charge in [0.2, 0.25) is 0 Å². The standard InChI is InChI=1S/C27H47NO3/c1-21(2)8-6-10-22(3)9-4-5-17-31-25-14-13-24(26(30)18-25)15-16-27(28,20-29)19-23-11-7-12-23/h13-14,18,21-23,29-30H,4-12,15-17,19-20,28H2,1-3H3. The zero-order valence-corrected chi connectivity index (χ0v) is 20.2. The van der Waals surface area contributed by atoms with Crippen LogP contribution >= 0.6 is 0 Å². The number of nitrogens with two attached hydrogens (primary N) is 1. The number of aryl methyl sites for hydroxylation is 1. The Hall–Kier alpha value is -1.26. The van der Waals surface area contributed by atoms with Crippen molar-refractivity contribution in [3.8, 4) is 11.5 Å². The smallest absolute Gasteiger partial charge is 0.122 e. The first kappa shape index (κ1) is 26.0. The summed E-state index contributed by atoms with van der Waals surface area (Å²) in [5, 5.41) is 20.2. The molecule has 0 aromatic heterocycles. The number of benzene rings is 1. The highest BCUT2D eigenvalue weighted by Gasteiger charge is 2.31. The van der Waals surface area contributed by atoms with E-state index in [4.69, 9.17) is 10.5 Å². The highest BCUT2D eigenvalue weighted by molar-refractivity contribution is 5.39. The van der Waals surface area contributed by atoms with Crippen LogP contribution in [0.2, 0.25) is 0 Å². The lowest BCUT2D eigenvalue weighted by Gasteiger charge is -2.35. The van der Waals surface area contributed by atoms with E-state index >= 15 is 0 Å². The maximum atomic E-state index is 10.4. The van der Waals surface area contributed by atoms with Crippen molar-refractivity contribution in [2.24, 2.45) is 23.5 Å². The van der Waals surface area contributed by atoms with Crippen molar-refractivity contribution in [3.05, 3.63) is 23.8 Å². The Morgan fingerprint density at radius 1 is 1.10 bits per heavy atom. The summed E-state index contributed by atoms with van der Waals surface area (Å²) in [5.41, 5.74) is 6.77. The van der Waals surface area contributed by atoms with Crippen LogP contribution in [0.15, 0.2) is 18.2 Å². The molecule has 4 heteroatoms. The normalized spacial score (nSPS) is 17.4. The second-order valence-corrected chi connectivity index (χ2v) is 10.6. The molecule has 0 heterocycles. The predicted molar refractivity (Wildman–Crippen MR) is 130 cm³/mol. The fraction of sp³-hybridized carbons (Fsp3) is 0.778. The van der Waals surface area contributed by atoms with E-state index in [0.29, 0.717) is 25.4 Å². The van der Waals surface area contributed by atoms with E-state index in [2.05, 4.69) is 20.8 Å². The molecule has 1 aromatic carbocycles. The van der Waals surface area contributed by atoms with Crippen molar-refractivity contribution in [2.45, 2.75) is 103 Å². The Bertz CT molecular complexity index is 629. The number of ether oxygens (including phenoxy) is 1. The molecule has 1 aliphatic carbocycles. The van der Waals surface area contributed by atoms with Crippen LogP contribution in [0.4, 0.5) is 0 Å². The van der Waals surface area contributed by atoms with Gasteiger partial charge in [0, 0.05) is 11.6 Å². The second kappa shape index (κ2) is 13.3. The summed E-state index contributed by atoms with van der Waals surface area (Å²) in [5.74, 6) is 3.25. The molecule has 1 aromatic rings. The average Bonchev–Trinajstić information content (AvgIpc) is 2.69. The van der Waals surface area contributed by atoms with Crippen LogP contribution in [0.25, 0.3) is 0 Å². The van der Waals surface area contributed by atoms with Gasteiger partial charge in [0.05, 0.1) is 13.2 Å². The first-order valence-electron chi connectivity index (χ1n) is 12.7. The van der Waals surface area contributed by atoms with Gasteiger partial charge in [-0.05, 0) is 61.5 Å². The lowest BCUT2D eigenvalue weighted by Crippen LogP contribution is -2.46. The van der Waals surface area contributed by atoms with E-state index in [1.165, 1.54) is 51.4 Å². The first-order valence-corrected chi connectivity index (χ1v) is 12.7. The summed E-state index contributed by atoms with van der Waals surface area (Å²) in [6.07, 6.45) is 13.5. The van der Waals surface area contributed by atoms with Crippen LogP contribution in [0.1, 0.15) is 97.0 Å². The zero-order chi connectivity index (χ0) is 22.7. The molecule has 31 heavy (non-hydrogen) atoms. The number of aromatic hydroxyl groups is 1. The topological polar surface area (TPSA) is 75.7 Å². The van der Waals surface area contributed by atoms with E-state index in [1.54, 1.807) is 6.07 Å². The summed E-state index contributed by atoms with van der Waals surface area (Å²) in [6.45, 7) is 7.64. The van der Waals surface area contributed by atoms with E-state index in [1.807, 2.05) is 12.1 Å². The van der Waals surface area contributed by atoms with Gasteiger partial charge in [0.25, 0.3) is 0 Å². The maximum absolute atomic E-state index is 10.4. The molecule has 178 valence electrons. The van der Waals surface area contributed by atoms with Crippen molar-refractivity contribution in [1.29, 1.82) is 0 Å². The molecule has 1 fully saturated rings. The third-order valence-corrected chi connectivity index (χ3v) is 7.02. The van der Waals surface area contributed by atoms with Crippen molar-refractivity contribution < 1.29 is 14.9 Å². The van der Waals surface area contributed by atoms with E-state index in [0.717, 1.165) is 36.0 Å². The fourth-order valence-corrected chi connectivity index (χ4v) is 4.55. The number of rotatable bonds is 16. The number of unbranched alkanes of at least 4 members (excludes halogenated alkanes) is 1. The second-order valence-electron chi connectivity index (χ2n) is 10.6. The predicted octanol–water partition coefficient (Wildman–Crippen LogP) is 6.22. The quantitative estimate of drug-likeness (QED) is 0.271. The number of phenolic OH excluding ortho intramolecular Hbond substituents is 1. The molecule has 1 aliphatic rings. The summed E-state index contributed by atoms with van der Waals surface area (Å²) in [7, 11) is 0. The van der Waals surface area contributed by atoms with Gasteiger partial charge in [-0.25, -0.2) is 0 Å². The van der Waals surface area contributed by atoms with Gasteiger partial charge in [-0.1, -0.05) is 71.8 Å². The van der Waals surface area contributed by atoms with Crippen molar-refractivity contribution >= 4 is 0 Å². The van der Waals surface area contributed by atoms with Gasteiger partial charge < -0.3 is 20.7 Å². The molecule has 4 nitrogen and oxygen atoms in total. The van der Waals surface area contributed by atoms with Crippen molar-refractivity contribution in [2.75, 3.05) is 13.2 Å². The maximum Gasteiger partial charge on any atom is 0.122 e. The van der Waals surface area contributed by atoms with Gasteiger partial charge >= 0.3 is 0 Å². The number of phenols is 1. The van der Waals surface area contributed by atoms with Crippen LogP contribution in [-0.4, -0.2) is 29.0 Å². The minimum atomic E-state index is -0.543. The van der Waals surface area contributed by atoms with E-state index in [9.17, 15) is 10.2 Å². The zero-order valence-electron chi connectivity index (χ0n) is 20.2. The molecule has 0 radical (unpaired) electrons. The molecular weight excluding hydrogens is 386 g/mol. The molecule has 2 atom stereocenters. The van der Waals surface area contributed by atoms with Crippen molar-refractivity contribution in [1.82, 2.24) is 0 Å². The molecule has 0 spiro atoms. The third kappa shape index (κ3) is 9.82. The van der Waals surface area contributed by atoms with E-state index < -0.39 is 5.54 Å². The highest BCUT2D eigenvalue weighted by Crippen LogP contribution is 2.35. The Morgan fingerprint density at radius 3 is 2.45 bits per heavy atom. The Balaban J connectivity index is 1.66. The summed E-state index contributed by atoms with van der Waals surface area (Å²) in [6, 6.07) is 5.59. The van der Waals surface area contributed by atoms with Crippen molar-refractivity contribution in [3.63, 3.8) is 0 Å². The first-order chi connectivity index (χ1) is 14.8. The van der Waals surface area contributed by atoms with Crippen LogP contribution in [0.3, 0.4) is 0 Å². The molecule has 0 aliphatic heterocycles. The van der Waals surface area contributed by atoms with E-state index in [-0.39, 0.29) is 12.4 Å². The molecule has 4 N–H and O–H groups in total. The van der Waals surface area contributed by atoms with Gasteiger partial charge in [-0.3, -0.25) is 0 Å². The van der Waals surface area contributed by atoms with Crippen LogP contribution in [0, 0.1) is 17.8 Å². The van der Waals surface area contributed by atoms with Gasteiger partial charge in [-0.2, -0.15) is 0 Å². The minimum absolute atomic E-state index is 0.00179. The fourth-order valence-electron chi connectivity index (χ4n) is 4.55. The third-order valence-electron chi connectivity index (χ3n) is 7.02.